The lowest BCUT2D eigenvalue weighted by Gasteiger charge is -2.23. The number of hydrogen-bond acceptors (Lipinski definition) is 4. The summed E-state index contributed by atoms with van der Waals surface area (Å²) in [5.74, 6) is 2.53. The summed E-state index contributed by atoms with van der Waals surface area (Å²) >= 11 is 3.55. The Morgan fingerprint density at radius 2 is 2.16 bits per heavy atom. The van der Waals surface area contributed by atoms with Gasteiger partial charge in [-0.2, -0.15) is 4.98 Å². The Kier molecular flexibility index (Phi) is 5.43. The van der Waals surface area contributed by atoms with Crippen LogP contribution in [0.1, 0.15) is 39.0 Å². The van der Waals surface area contributed by atoms with Crippen LogP contribution in [0.5, 0.6) is 0 Å². The zero-order valence-electron chi connectivity index (χ0n) is 11.8. The molecule has 4 nitrogen and oxygen atoms in total. The van der Waals surface area contributed by atoms with Crippen molar-refractivity contribution in [2.45, 2.75) is 39.0 Å². The summed E-state index contributed by atoms with van der Waals surface area (Å²) in [4.78, 5) is 11.2. The predicted molar refractivity (Wildman–Crippen MR) is 83.7 cm³/mol. The lowest BCUT2D eigenvalue weighted by atomic mass is 10.1. The molecule has 1 aromatic rings. The van der Waals surface area contributed by atoms with Crippen LogP contribution in [-0.4, -0.2) is 30.1 Å². The molecule has 1 N–H and O–H groups in total. The number of anilines is 2. The standard InChI is InChI=1S/C14H23BrN4/c1-3-8-16-14-17-9-12(15)13(18-14)19(2)10-11-6-4-5-7-11/h9,11H,3-8,10H2,1-2H3,(H,16,17,18). The molecular weight excluding hydrogens is 304 g/mol. The molecule has 2 rings (SSSR count). The zero-order valence-corrected chi connectivity index (χ0v) is 13.4. The molecule has 5 heteroatoms. The highest BCUT2D eigenvalue weighted by Crippen LogP contribution is 2.29. The molecule has 1 aliphatic rings. The SMILES string of the molecule is CCCNc1ncc(Br)c(N(C)CC2CCCC2)n1. The van der Waals surface area contributed by atoms with Crippen molar-refractivity contribution in [3.8, 4) is 0 Å². The monoisotopic (exact) mass is 326 g/mol. The van der Waals surface area contributed by atoms with Crippen LogP contribution in [0.3, 0.4) is 0 Å². The van der Waals surface area contributed by atoms with E-state index in [0.29, 0.717) is 0 Å². The van der Waals surface area contributed by atoms with E-state index in [0.717, 1.165) is 41.7 Å². The van der Waals surface area contributed by atoms with Crippen molar-refractivity contribution in [3.05, 3.63) is 10.7 Å². The molecule has 1 saturated carbocycles. The normalized spacial score (nSPS) is 15.7. The quantitative estimate of drug-likeness (QED) is 0.865. The minimum Gasteiger partial charge on any atom is -0.358 e. The fraction of sp³-hybridized carbons (Fsp3) is 0.714. The highest BCUT2D eigenvalue weighted by molar-refractivity contribution is 9.10. The van der Waals surface area contributed by atoms with Gasteiger partial charge < -0.3 is 10.2 Å². The maximum atomic E-state index is 4.61. The van der Waals surface area contributed by atoms with Gasteiger partial charge in [-0.15, -0.1) is 0 Å². The Hall–Kier alpha value is -0.840. The highest BCUT2D eigenvalue weighted by Gasteiger charge is 2.19. The van der Waals surface area contributed by atoms with Crippen molar-refractivity contribution in [1.82, 2.24) is 9.97 Å². The summed E-state index contributed by atoms with van der Waals surface area (Å²) in [5, 5.41) is 3.24. The van der Waals surface area contributed by atoms with E-state index in [4.69, 9.17) is 0 Å². The number of nitrogens with one attached hydrogen (secondary N) is 1. The summed E-state index contributed by atoms with van der Waals surface area (Å²) in [5.41, 5.74) is 0. The largest absolute Gasteiger partial charge is 0.358 e. The molecule has 0 aromatic carbocycles. The van der Waals surface area contributed by atoms with Crippen molar-refractivity contribution in [2.75, 3.05) is 30.4 Å². The molecule has 1 fully saturated rings. The Labute approximate surface area is 124 Å². The van der Waals surface area contributed by atoms with Crippen molar-refractivity contribution in [3.63, 3.8) is 0 Å². The predicted octanol–water partition coefficient (Wildman–Crippen LogP) is 3.69. The molecule has 0 aliphatic heterocycles. The molecule has 0 amide bonds. The van der Waals surface area contributed by atoms with E-state index in [9.17, 15) is 0 Å². The third kappa shape index (κ3) is 4.06. The van der Waals surface area contributed by atoms with Gasteiger partial charge in [0.2, 0.25) is 5.95 Å². The third-order valence-corrected chi connectivity index (χ3v) is 4.19. The van der Waals surface area contributed by atoms with Crippen LogP contribution in [0.4, 0.5) is 11.8 Å². The molecule has 0 bridgehead atoms. The molecule has 1 aromatic heterocycles. The van der Waals surface area contributed by atoms with E-state index in [2.05, 4.69) is 50.1 Å². The lowest BCUT2D eigenvalue weighted by molar-refractivity contribution is 0.544. The van der Waals surface area contributed by atoms with Crippen LogP contribution in [0.2, 0.25) is 0 Å². The van der Waals surface area contributed by atoms with Gasteiger partial charge in [0.15, 0.2) is 0 Å². The molecule has 0 atom stereocenters. The molecule has 0 unspecified atom stereocenters. The number of rotatable bonds is 6. The van der Waals surface area contributed by atoms with E-state index in [-0.39, 0.29) is 0 Å². The number of hydrogen-bond donors (Lipinski definition) is 1. The topological polar surface area (TPSA) is 41.1 Å². The van der Waals surface area contributed by atoms with Gasteiger partial charge in [0.05, 0.1) is 4.47 Å². The van der Waals surface area contributed by atoms with Crippen LogP contribution in [0, 0.1) is 5.92 Å². The van der Waals surface area contributed by atoms with Crippen LogP contribution in [0.25, 0.3) is 0 Å². The van der Waals surface area contributed by atoms with Gasteiger partial charge in [-0.25, -0.2) is 4.98 Å². The molecular formula is C14H23BrN4. The first-order valence-electron chi connectivity index (χ1n) is 7.18. The molecule has 1 aliphatic carbocycles. The van der Waals surface area contributed by atoms with E-state index < -0.39 is 0 Å². The van der Waals surface area contributed by atoms with E-state index in [1.54, 1.807) is 0 Å². The smallest absolute Gasteiger partial charge is 0.224 e. The first kappa shape index (κ1) is 14.6. The Bertz CT molecular complexity index is 404. The van der Waals surface area contributed by atoms with Crippen LogP contribution in [0.15, 0.2) is 10.7 Å². The Morgan fingerprint density at radius 3 is 2.84 bits per heavy atom. The Balaban J connectivity index is 2.03. The highest BCUT2D eigenvalue weighted by atomic mass is 79.9. The van der Waals surface area contributed by atoms with Gasteiger partial charge in [0, 0.05) is 26.3 Å². The fourth-order valence-corrected chi connectivity index (χ4v) is 3.11. The van der Waals surface area contributed by atoms with Gasteiger partial charge in [-0.1, -0.05) is 19.8 Å². The minimum atomic E-state index is 0.721. The average Bonchev–Trinajstić information content (AvgIpc) is 2.90. The minimum absolute atomic E-state index is 0.721. The Morgan fingerprint density at radius 1 is 1.42 bits per heavy atom. The molecule has 1 heterocycles. The zero-order chi connectivity index (χ0) is 13.7. The summed E-state index contributed by atoms with van der Waals surface area (Å²) in [6.45, 7) is 4.13. The van der Waals surface area contributed by atoms with Crippen molar-refractivity contribution < 1.29 is 0 Å². The fourth-order valence-electron chi connectivity index (χ4n) is 2.61. The maximum absolute atomic E-state index is 4.61. The number of halogens is 1. The molecule has 0 spiro atoms. The van der Waals surface area contributed by atoms with Gasteiger partial charge in [-0.05, 0) is 41.1 Å². The molecule has 0 radical (unpaired) electrons. The second kappa shape index (κ2) is 7.08. The first-order chi connectivity index (χ1) is 9.20. The van der Waals surface area contributed by atoms with Gasteiger partial charge in [-0.3, -0.25) is 0 Å². The number of nitrogens with zero attached hydrogens (tertiary/aromatic N) is 3. The first-order valence-corrected chi connectivity index (χ1v) is 7.97. The van der Waals surface area contributed by atoms with Crippen molar-refractivity contribution in [1.29, 1.82) is 0 Å². The second-order valence-corrected chi connectivity index (χ2v) is 6.18. The summed E-state index contributed by atoms with van der Waals surface area (Å²) in [7, 11) is 2.12. The van der Waals surface area contributed by atoms with E-state index >= 15 is 0 Å². The maximum Gasteiger partial charge on any atom is 0.224 e. The second-order valence-electron chi connectivity index (χ2n) is 5.32. The van der Waals surface area contributed by atoms with Crippen LogP contribution in [-0.2, 0) is 0 Å². The molecule has 0 saturated heterocycles. The van der Waals surface area contributed by atoms with Crippen LogP contribution >= 0.6 is 15.9 Å². The average molecular weight is 327 g/mol. The van der Waals surface area contributed by atoms with Gasteiger partial charge in [0.1, 0.15) is 5.82 Å². The summed E-state index contributed by atoms with van der Waals surface area (Å²) < 4.78 is 0.968. The number of aromatic nitrogens is 2. The summed E-state index contributed by atoms with van der Waals surface area (Å²) in [6, 6.07) is 0. The lowest BCUT2D eigenvalue weighted by Crippen LogP contribution is -2.25. The summed E-state index contributed by atoms with van der Waals surface area (Å²) in [6.07, 6.45) is 8.39. The molecule has 19 heavy (non-hydrogen) atoms. The van der Waals surface area contributed by atoms with Crippen molar-refractivity contribution in [2.24, 2.45) is 5.92 Å². The van der Waals surface area contributed by atoms with Gasteiger partial charge >= 0.3 is 0 Å². The van der Waals surface area contributed by atoms with E-state index in [1.165, 1.54) is 25.7 Å². The molecule has 106 valence electrons. The van der Waals surface area contributed by atoms with Crippen molar-refractivity contribution >= 4 is 27.7 Å². The third-order valence-electron chi connectivity index (χ3n) is 3.63. The van der Waals surface area contributed by atoms with Crippen LogP contribution < -0.4 is 10.2 Å². The van der Waals surface area contributed by atoms with Gasteiger partial charge in [0.25, 0.3) is 0 Å². The van der Waals surface area contributed by atoms with E-state index in [1.807, 2.05) is 6.20 Å².